The van der Waals surface area contributed by atoms with Crippen molar-refractivity contribution in [3.05, 3.63) is 81.8 Å². The molecule has 0 fully saturated rings. The van der Waals surface area contributed by atoms with Crippen LogP contribution in [0.3, 0.4) is 0 Å². The van der Waals surface area contributed by atoms with Crippen molar-refractivity contribution >= 4 is 28.7 Å². The van der Waals surface area contributed by atoms with Crippen molar-refractivity contribution in [3.8, 4) is 5.69 Å². The minimum absolute atomic E-state index is 0.0205. The largest absolute Gasteiger partial charge is 0.325 e. The fourth-order valence-electron chi connectivity index (χ4n) is 2.89. The number of halogens is 2. The number of aromatic nitrogens is 2. The van der Waals surface area contributed by atoms with Crippen LogP contribution in [0.15, 0.2) is 58.4 Å². The molecule has 0 amide bonds. The van der Waals surface area contributed by atoms with E-state index in [0.717, 1.165) is 12.1 Å². The van der Waals surface area contributed by atoms with Gasteiger partial charge in [0.15, 0.2) is 5.11 Å². The zero-order valence-electron chi connectivity index (χ0n) is 16.0. The second kappa shape index (κ2) is 8.36. The van der Waals surface area contributed by atoms with Crippen molar-refractivity contribution in [2.75, 3.05) is 5.32 Å². The lowest BCUT2D eigenvalue weighted by molar-refractivity contribution is 0.578. The summed E-state index contributed by atoms with van der Waals surface area (Å²) in [5, 5.41) is 6.76. The molecule has 0 saturated heterocycles. The standard InChI is InChI=1S/C20H19F2N5OS/c1-12(17-15(21)10-7-11-16(17)22)24-25-20(29)23-18-13(2)26(3)27(19(18)28)14-8-5-4-6-9-14/h4-11H,1-3H3,(H2,23,25,29)/b24-12-. The molecule has 9 heteroatoms. The van der Waals surface area contributed by atoms with Crippen LogP contribution in [-0.4, -0.2) is 20.2 Å². The third-order valence-corrected chi connectivity index (χ3v) is 4.64. The molecule has 0 radical (unpaired) electrons. The quantitative estimate of drug-likeness (QED) is 0.389. The van der Waals surface area contributed by atoms with Crippen LogP contribution in [0.2, 0.25) is 0 Å². The maximum Gasteiger partial charge on any atom is 0.295 e. The zero-order chi connectivity index (χ0) is 21.1. The van der Waals surface area contributed by atoms with Gasteiger partial charge in [0.05, 0.1) is 22.7 Å². The van der Waals surface area contributed by atoms with E-state index in [2.05, 4.69) is 15.8 Å². The van der Waals surface area contributed by atoms with Crippen molar-refractivity contribution in [2.45, 2.75) is 13.8 Å². The molecule has 3 rings (SSSR count). The Morgan fingerprint density at radius 1 is 1.07 bits per heavy atom. The summed E-state index contributed by atoms with van der Waals surface area (Å²) in [7, 11) is 1.76. The highest BCUT2D eigenvalue weighted by molar-refractivity contribution is 7.80. The third-order valence-electron chi connectivity index (χ3n) is 4.44. The Kier molecular flexibility index (Phi) is 5.88. The Bertz CT molecular complexity index is 1130. The van der Waals surface area contributed by atoms with Gasteiger partial charge in [0.25, 0.3) is 5.56 Å². The molecule has 2 N–H and O–H groups in total. The Morgan fingerprint density at radius 2 is 1.69 bits per heavy atom. The molecule has 2 aromatic carbocycles. The molecule has 0 atom stereocenters. The van der Waals surface area contributed by atoms with Gasteiger partial charge in [-0.25, -0.2) is 13.5 Å². The fourth-order valence-corrected chi connectivity index (χ4v) is 3.04. The number of thiocarbonyl (C=S) groups is 1. The van der Waals surface area contributed by atoms with Crippen molar-refractivity contribution in [3.63, 3.8) is 0 Å². The summed E-state index contributed by atoms with van der Waals surface area (Å²) < 4.78 is 30.9. The SMILES string of the molecule is C/C(=N/NC(=S)Nc1c(C)n(C)n(-c2ccccc2)c1=O)c1c(F)cccc1F. The lowest BCUT2D eigenvalue weighted by Crippen LogP contribution is -2.28. The Balaban J connectivity index is 1.82. The predicted molar refractivity (Wildman–Crippen MR) is 114 cm³/mol. The number of nitrogens with zero attached hydrogens (tertiary/aromatic N) is 3. The van der Waals surface area contributed by atoms with Crippen LogP contribution in [0.25, 0.3) is 5.69 Å². The molecule has 3 aromatic rings. The summed E-state index contributed by atoms with van der Waals surface area (Å²) >= 11 is 5.18. The summed E-state index contributed by atoms with van der Waals surface area (Å²) in [6, 6.07) is 12.7. The zero-order valence-corrected chi connectivity index (χ0v) is 16.8. The molecule has 1 aromatic heterocycles. The van der Waals surface area contributed by atoms with Gasteiger partial charge < -0.3 is 5.32 Å². The number of hydrazone groups is 1. The molecular formula is C20H19F2N5OS. The minimum atomic E-state index is -0.725. The van der Waals surface area contributed by atoms with Crippen LogP contribution in [-0.2, 0) is 7.05 Å². The van der Waals surface area contributed by atoms with Crippen LogP contribution in [0.4, 0.5) is 14.5 Å². The molecule has 29 heavy (non-hydrogen) atoms. The van der Waals surface area contributed by atoms with Crippen molar-refractivity contribution in [1.82, 2.24) is 14.8 Å². The third kappa shape index (κ3) is 4.09. The van der Waals surface area contributed by atoms with Crippen LogP contribution >= 0.6 is 12.2 Å². The molecule has 0 aliphatic carbocycles. The summed E-state index contributed by atoms with van der Waals surface area (Å²) in [5.41, 5.74) is 3.71. The number of rotatable bonds is 4. The second-order valence-electron chi connectivity index (χ2n) is 6.30. The first kappa shape index (κ1) is 20.4. The average Bonchev–Trinajstić information content (AvgIpc) is 2.90. The van der Waals surface area contributed by atoms with Crippen LogP contribution in [0.1, 0.15) is 18.2 Å². The van der Waals surface area contributed by atoms with Crippen molar-refractivity contribution < 1.29 is 8.78 Å². The fraction of sp³-hybridized carbons (Fsp3) is 0.150. The Labute approximate surface area is 171 Å². The molecule has 0 saturated carbocycles. The van der Waals surface area contributed by atoms with E-state index in [1.165, 1.54) is 17.7 Å². The summed E-state index contributed by atoms with van der Waals surface area (Å²) in [5.74, 6) is -1.45. The minimum Gasteiger partial charge on any atom is -0.325 e. The number of hydrogen-bond donors (Lipinski definition) is 2. The van der Waals surface area contributed by atoms with E-state index in [1.54, 1.807) is 18.7 Å². The highest BCUT2D eigenvalue weighted by Crippen LogP contribution is 2.15. The average molecular weight is 415 g/mol. The van der Waals surface area contributed by atoms with Crippen LogP contribution < -0.4 is 16.3 Å². The lowest BCUT2D eigenvalue weighted by Gasteiger charge is -2.08. The van der Waals surface area contributed by atoms with Crippen molar-refractivity contribution in [1.29, 1.82) is 0 Å². The van der Waals surface area contributed by atoms with Crippen LogP contribution in [0.5, 0.6) is 0 Å². The predicted octanol–water partition coefficient (Wildman–Crippen LogP) is 3.47. The summed E-state index contributed by atoms with van der Waals surface area (Å²) in [6.45, 7) is 3.22. The normalized spacial score (nSPS) is 11.4. The first-order valence-corrected chi connectivity index (χ1v) is 9.11. The van der Waals surface area contributed by atoms with E-state index in [-0.39, 0.29) is 27.6 Å². The molecule has 0 unspecified atom stereocenters. The van der Waals surface area contributed by atoms with Gasteiger partial charge in [-0.3, -0.25) is 14.9 Å². The number of benzene rings is 2. The molecular weight excluding hydrogens is 396 g/mol. The van der Waals surface area contributed by atoms with Gasteiger partial charge in [0.1, 0.15) is 17.3 Å². The number of hydrogen-bond acceptors (Lipinski definition) is 3. The molecule has 150 valence electrons. The van der Waals surface area contributed by atoms with Gasteiger partial charge in [-0.05, 0) is 50.3 Å². The molecule has 1 heterocycles. The van der Waals surface area contributed by atoms with Gasteiger partial charge in [0, 0.05) is 7.05 Å². The first-order valence-electron chi connectivity index (χ1n) is 8.71. The number of anilines is 1. The van der Waals surface area contributed by atoms with E-state index in [1.807, 2.05) is 30.3 Å². The van der Waals surface area contributed by atoms with Gasteiger partial charge >= 0.3 is 0 Å². The smallest absolute Gasteiger partial charge is 0.295 e. The van der Waals surface area contributed by atoms with Gasteiger partial charge in [0.2, 0.25) is 0 Å². The monoisotopic (exact) mass is 415 g/mol. The summed E-state index contributed by atoms with van der Waals surface area (Å²) in [6.07, 6.45) is 0. The topological polar surface area (TPSA) is 63.4 Å². The van der Waals surface area contributed by atoms with Gasteiger partial charge in [-0.15, -0.1) is 0 Å². The maximum absolute atomic E-state index is 13.8. The molecule has 0 spiro atoms. The number of nitrogens with one attached hydrogen (secondary N) is 2. The van der Waals surface area contributed by atoms with E-state index in [4.69, 9.17) is 12.2 Å². The first-order chi connectivity index (χ1) is 13.8. The molecule has 6 nitrogen and oxygen atoms in total. The van der Waals surface area contributed by atoms with Gasteiger partial charge in [-0.1, -0.05) is 24.3 Å². The maximum atomic E-state index is 13.8. The number of para-hydroxylation sites is 1. The van der Waals surface area contributed by atoms with E-state index >= 15 is 0 Å². The van der Waals surface area contributed by atoms with E-state index < -0.39 is 11.6 Å². The Hall–Kier alpha value is -3.33. The second-order valence-corrected chi connectivity index (χ2v) is 6.70. The van der Waals surface area contributed by atoms with Gasteiger partial charge in [-0.2, -0.15) is 5.10 Å². The van der Waals surface area contributed by atoms with E-state index in [0.29, 0.717) is 11.4 Å². The molecule has 0 aliphatic rings. The van der Waals surface area contributed by atoms with E-state index in [9.17, 15) is 13.6 Å². The highest BCUT2D eigenvalue weighted by atomic mass is 32.1. The van der Waals surface area contributed by atoms with Crippen LogP contribution in [0, 0.1) is 18.6 Å². The highest BCUT2D eigenvalue weighted by Gasteiger charge is 2.17. The Morgan fingerprint density at radius 3 is 2.31 bits per heavy atom. The summed E-state index contributed by atoms with van der Waals surface area (Å²) in [4.78, 5) is 12.9. The molecule has 0 aliphatic heterocycles. The van der Waals surface area contributed by atoms with Crippen molar-refractivity contribution in [2.24, 2.45) is 12.1 Å². The lowest BCUT2D eigenvalue weighted by atomic mass is 10.1. The molecule has 0 bridgehead atoms.